The van der Waals surface area contributed by atoms with Gasteiger partial charge in [-0.2, -0.15) is 0 Å². The van der Waals surface area contributed by atoms with Crippen LogP contribution in [-0.4, -0.2) is 103 Å². The summed E-state index contributed by atoms with van der Waals surface area (Å²) in [5.74, 6) is 3.31. The molecule has 0 bridgehead atoms. The molecule has 2 amide bonds. The number of ether oxygens (including phenoxy) is 2. The lowest BCUT2D eigenvalue weighted by molar-refractivity contribution is -0.123. The van der Waals surface area contributed by atoms with Gasteiger partial charge in [0.15, 0.2) is 0 Å². The summed E-state index contributed by atoms with van der Waals surface area (Å²) in [6.07, 6.45) is 10.00. The number of rotatable bonds is 29. The third-order valence-electron chi connectivity index (χ3n) is 13.5. The Bertz CT molecular complexity index is 3260. The highest BCUT2D eigenvalue weighted by Gasteiger charge is 2.26. The van der Waals surface area contributed by atoms with Crippen molar-refractivity contribution in [2.45, 2.75) is 136 Å². The Kier molecular flexibility index (Phi) is 21.5. The molecule has 0 saturated carbocycles. The molecule has 412 valence electrons. The van der Waals surface area contributed by atoms with Gasteiger partial charge in [-0.15, -0.1) is 20.4 Å². The average Bonchev–Trinajstić information content (AvgIpc) is 4.25. The Labute approximate surface area is 455 Å². The maximum atomic E-state index is 13.3. The zero-order chi connectivity index (χ0) is 55.4. The first-order chi connectivity index (χ1) is 37.9. The molecule has 0 spiro atoms. The molecule has 78 heavy (non-hydrogen) atoms. The van der Waals surface area contributed by atoms with E-state index in [0.29, 0.717) is 92.7 Å². The number of hydrogen-bond donors (Lipinski definition) is 2. The fraction of sp³-hybridized carbons (Fsp3) is 0.441. The molecule has 0 aliphatic heterocycles. The van der Waals surface area contributed by atoms with Crippen molar-refractivity contribution in [1.29, 1.82) is 0 Å². The number of methoxy groups -OCH3 is 2. The molecule has 8 aromatic rings. The lowest BCUT2D eigenvalue weighted by Gasteiger charge is -2.16. The Hall–Kier alpha value is -7.93. The van der Waals surface area contributed by atoms with Crippen LogP contribution in [0.15, 0.2) is 93.8 Å². The molecule has 19 nitrogen and oxygen atoms in total. The van der Waals surface area contributed by atoms with E-state index in [1.807, 2.05) is 118 Å². The van der Waals surface area contributed by atoms with Crippen molar-refractivity contribution >= 4 is 56.2 Å². The predicted octanol–water partition coefficient (Wildman–Crippen LogP) is 10.7. The second kappa shape index (κ2) is 29.0. The molecule has 5 heterocycles. The van der Waals surface area contributed by atoms with Crippen LogP contribution in [0.4, 0.5) is 0 Å². The molecule has 0 fully saturated rings. The molecule has 2 N–H and O–H groups in total. The van der Waals surface area contributed by atoms with E-state index in [2.05, 4.69) is 52.5 Å². The van der Waals surface area contributed by atoms with Crippen LogP contribution in [-0.2, 0) is 32.1 Å². The lowest BCUT2D eigenvalue weighted by atomic mass is 10.0. The highest BCUT2D eigenvalue weighted by molar-refractivity contribution is 5.86. The fourth-order valence-corrected chi connectivity index (χ4v) is 9.06. The number of Topliss-reactive ketones (excluding diaryl/α,β-unsaturated/α-hetero) is 2. The monoisotopic (exact) mass is 1060 g/mol. The minimum Gasteiger partial charge on any atom is -0.480 e. The van der Waals surface area contributed by atoms with Crippen molar-refractivity contribution in [3.05, 3.63) is 103 Å². The normalized spacial score (nSPS) is 12.1. The van der Waals surface area contributed by atoms with Gasteiger partial charge in [0, 0.05) is 68.8 Å². The van der Waals surface area contributed by atoms with Crippen molar-refractivity contribution in [1.82, 2.24) is 55.4 Å². The zero-order valence-corrected chi connectivity index (χ0v) is 46.0. The van der Waals surface area contributed by atoms with E-state index >= 15 is 0 Å². The molecule has 0 unspecified atom stereocenters. The summed E-state index contributed by atoms with van der Waals surface area (Å²) in [5.41, 5.74) is 4.73. The van der Waals surface area contributed by atoms with E-state index in [1.54, 1.807) is 14.2 Å². The smallest absolute Gasteiger partial charge is 0.253 e. The molecule has 5 aromatic heterocycles. The largest absolute Gasteiger partial charge is 0.480 e. The van der Waals surface area contributed by atoms with Gasteiger partial charge in [0.1, 0.15) is 40.6 Å². The number of aromatic nitrogens is 8. The molecule has 19 heteroatoms. The Balaban J connectivity index is 0.000000231. The topological polar surface area (TPSA) is 235 Å². The number of unbranched alkanes of at least 4 members (excludes halogenated alkanes) is 4. The molecule has 0 aliphatic carbocycles. The first-order valence-electron chi connectivity index (χ1n) is 27.2. The summed E-state index contributed by atoms with van der Waals surface area (Å²) in [6, 6.07) is 26.4. The number of carbonyl (C=O) groups excluding carboxylic acids is 4. The Morgan fingerprint density at radius 1 is 0.577 bits per heavy atom. The van der Waals surface area contributed by atoms with E-state index in [4.69, 9.17) is 23.3 Å². The molecule has 0 aliphatic rings. The SMILES string of the molecule is CCC(=O)CCCCC[C@H](NC(=O)CCN(C)C)c1nnc(-c2cc3ccccc3nc2OC)o1.CCC(=O)CCCCC[C@H](NC(=O)CCn1c(CC)nc2ccccc21)c1nnc(-c2cc3ccccc3nc2OC)o1. The molecular formula is C59H73N11O8. The van der Waals surface area contributed by atoms with Gasteiger partial charge in [0.05, 0.1) is 36.3 Å². The van der Waals surface area contributed by atoms with E-state index < -0.39 is 12.1 Å². The molecule has 8 rings (SSSR count). The second-order valence-corrected chi connectivity index (χ2v) is 19.4. The number of ketones is 2. The van der Waals surface area contributed by atoms with E-state index in [9.17, 15) is 19.2 Å². The van der Waals surface area contributed by atoms with Gasteiger partial charge >= 0.3 is 0 Å². The first-order valence-corrected chi connectivity index (χ1v) is 27.2. The highest BCUT2D eigenvalue weighted by atomic mass is 16.5. The number of imidazole rings is 1. The number of para-hydroxylation sites is 4. The number of carbonyl (C=O) groups is 4. The number of amides is 2. The molecule has 0 saturated heterocycles. The minimum atomic E-state index is -0.472. The number of nitrogens with zero attached hydrogens (tertiary/aromatic N) is 9. The van der Waals surface area contributed by atoms with Crippen LogP contribution in [0.3, 0.4) is 0 Å². The molecule has 0 radical (unpaired) electrons. The zero-order valence-electron chi connectivity index (χ0n) is 46.0. The van der Waals surface area contributed by atoms with Gasteiger partial charge in [-0.3, -0.25) is 19.2 Å². The Morgan fingerprint density at radius 2 is 1.05 bits per heavy atom. The number of fused-ring (bicyclic) bond motifs is 3. The number of hydrogen-bond acceptors (Lipinski definition) is 16. The van der Waals surface area contributed by atoms with Crippen molar-refractivity contribution in [3.8, 4) is 34.7 Å². The number of nitrogens with one attached hydrogen (secondary N) is 2. The maximum absolute atomic E-state index is 13.3. The number of benzene rings is 3. The van der Waals surface area contributed by atoms with Crippen LogP contribution in [0.1, 0.15) is 140 Å². The number of pyridine rings is 2. The van der Waals surface area contributed by atoms with Crippen LogP contribution >= 0.6 is 0 Å². The van der Waals surface area contributed by atoms with Gasteiger partial charge < -0.3 is 38.4 Å². The standard InChI is InChI=1S/C33H38N6O4.C26H35N5O4/c1-4-23(40)14-7-6-8-17-27(35-30(41)19-20-39-28-18-12-11-16-26(28)34-29(39)5-2)33-38-37-32(43-33)24-21-22-13-9-10-15-25(22)36-31(24)42-3;1-5-19(32)12-7-6-8-14-22(27-23(33)15-16-31(2)3)26-30-29-25(35-26)20-17-18-11-9-10-13-21(18)28-24(20)34-4/h9-13,15-16,18,21,27H,4-8,14,17,19-20H2,1-3H3,(H,35,41);9-11,13,17,22H,5-8,12,14-16H2,1-4H3,(H,27,33)/t27-;22-/m00/s1. The fourth-order valence-electron chi connectivity index (χ4n) is 9.06. The van der Waals surface area contributed by atoms with Crippen molar-refractivity contribution < 1.29 is 37.5 Å². The third kappa shape index (κ3) is 15.8. The summed E-state index contributed by atoms with van der Waals surface area (Å²) in [7, 11) is 6.96. The van der Waals surface area contributed by atoms with Gasteiger partial charge in [-0.05, 0) is 76.2 Å². The Morgan fingerprint density at radius 3 is 1.53 bits per heavy atom. The van der Waals surface area contributed by atoms with E-state index in [-0.39, 0.29) is 41.6 Å². The van der Waals surface area contributed by atoms with Gasteiger partial charge in [-0.25, -0.2) is 15.0 Å². The second-order valence-electron chi connectivity index (χ2n) is 19.4. The van der Waals surface area contributed by atoms with Crippen molar-refractivity contribution in [2.24, 2.45) is 0 Å². The van der Waals surface area contributed by atoms with Gasteiger partial charge in [0.25, 0.3) is 11.8 Å². The maximum Gasteiger partial charge on any atom is 0.253 e. The van der Waals surface area contributed by atoms with Crippen molar-refractivity contribution in [2.75, 3.05) is 34.9 Å². The quantitative estimate of drug-likeness (QED) is 0.0415. The van der Waals surface area contributed by atoms with Crippen LogP contribution in [0.2, 0.25) is 0 Å². The van der Waals surface area contributed by atoms with E-state index in [0.717, 1.165) is 83.6 Å². The summed E-state index contributed by atoms with van der Waals surface area (Å²) >= 11 is 0. The first kappa shape index (κ1) is 57.8. The minimum absolute atomic E-state index is 0.0745. The molecule has 3 aromatic carbocycles. The summed E-state index contributed by atoms with van der Waals surface area (Å²) in [6.45, 7) is 6.99. The van der Waals surface area contributed by atoms with Crippen LogP contribution in [0, 0.1) is 0 Å². The van der Waals surface area contributed by atoms with Crippen LogP contribution < -0.4 is 20.1 Å². The highest BCUT2D eigenvalue weighted by Crippen LogP contribution is 2.34. The van der Waals surface area contributed by atoms with Crippen LogP contribution in [0.5, 0.6) is 11.8 Å². The lowest BCUT2D eigenvalue weighted by Crippen LogP contribution is -2.31. The van der Waals surface area contributed by atoms with Gasteiger partial charge in [0.2, 0.25) is 35.4 Å². The summed E-state index contributed by atoms with van der Waals surface area (Å²) in [4.78, 5) is 65.0. The average molecular weight is 1060 g/mol. The predicted molar refractivity (Wildman–Crippen MR) is 299 cm³/mol. The third-order valence-corrected chi connectivity index (χ3v) is 13.5. The van der Waals surface area contributed by atoms with E-state index in [1.165, 1.54) is 0 Å². The van der Waals surface area contributed by atoms with Crippen molar-refractivity contribution in [3.63, 3.8) is 0 Å². The number of aryl methyl sites for hydroxylation is 2. The van der Waals surface area contributed by atoms with Gasteiger partial charge in [-0.1, -0.05) is 95.0 Å². The molecular weight excluding hydrogens is 991 g/mol. The van der Waals surface area contributed by atoms with Crippen LogP contribution in [0.25, 0.3) is 55.7 Å². The summed E-state index contributed by atoms with van der Waals surface area (Å²) in [5, 5.41) is 25.2. The molecule has 2 atom stereocenters. The summed E-state index contributed by atoms with van der Waals surface area (Å²) < 4.78 is 25.3.